The number of ether oxygens (including phenoxy) is 1. The van der Waals surface area contributed by atoms with Gasteiger partial charge < -0.3 is 26.4 Å². The molecule has 0 spiro atoms. The van der Waals surface area contributed by atoms with Crippen LogP contribution in [0.15, 0.2) is 42.7 Å². The van der Waals surface area contributed by atoms with Crippen molar-refractivity contribution in [2.45, 2.75) is 0 Å². The fraction of sp³-hybridized carbons (Fsp3) is 0.211. The zero-order valence-electron chi connectivity index (χ0n) is 15.6. The van der Waals surface area contributed by atoms with E-state index in [1.54, 1.807) is 30.5 Å². The van der Waals surface area contributed by atoms with Crippen LogP contribution in [0.1, 0.15) is 10.4 Å². The number of amides is 1. The Hall–Kier alpha value is -3.79. The molecule has 0 atom stereocenters. The molecule has 1 fully saturated rings. The van der Waals surface area contributed by atoms with Crippen LogP contribution in [0, 0.1) is 0 Å². The number of carbonyl (C=O) groups is 1. The molecular weight excluding hydrogens is 372 g/mol. The average molecular weight is 392 g/mol. The molecule has 1 aliphatic heterocycles. The number of nitrogen functional groups attached to an aromatic ring is 1. The van der Waals surface area contributed by atoms with E-state index in [1.165, 1.54) is 6.20 Å². The number of aromatic nitrogens is 4. The van der Waals surface area contributed by atoms with Crippen molar-refractivity contribution >= 4 is 29.3 Å². The number of anilines is 4. The van der Waals surface area contributed by atoms with E-state index in [2.05, 4.69) is 30.2 Å². The van der Waals surface area contributed by atoms with Crippen LogP contribution in [-0.4, -0.2) is 52.1 Å². The molecule has 148 valence electrons. The fourth-order valence-corrected chi connectivity index (χ4v) is 2.89. The number of morpholine rings is 1. The topological polar surface area (TPSA) is 145 Å². The van der Waals surface area contributed by atoms with Gasteiger partial charge in [-0.2, -0.15) is 4.98 Å². The molecule has 10 heteroatoms. The van der Waals surface area contributed by atoms with Crippen molar-refractivity contribution in [3.8, 4) is 11.3 Å². The Bertz CT molecular complexity index is 1020. The van der Waals surface area contributed by atoms with Crippen molar-refractivity contribution in [2.75, 3.05) is 42.3 Å². The van der Waals surface area contributed by atoms with E-state index < -0.39 is 5.91 Å². The van der Waals surface area contributed by atoms with Crippen LogP contribution in [0.3, 0.4) is 0 Å². The molecule has 5 N–H and O–H groups in total. The second-order valence-electron chi connectivity index (χ2n) is 6.43. The Balaban J connectivity index is 1.71. The highest BCUT2D eigenvalue weighted by molar-refractivity contribution is 5.93. The monoisotopic (exact) mass is 392 g/mol. The molecule has 29 heavy (non-hydrogen) atoms. The Labute approximate surface area is 167 Å². The molecule has 0 saturated carbocycles. The summed E-state index contributed by atoms with van der Waals surface area (Å²) in [6.45, 7) is 2.61. The summed E-state index contributed by atoms with van der Waals surface area (Å²) in [7, 11) is 0. The molecule has 4 rings (SSSR count). The number of hydrogen-bond donors (Lipinski definition) is 3. The number of nitrogens with zero attached hydrogens (tertiary/aromatic N) is 5. The van der Waals surface area contributed by atoms with Gasteiger partial charge in [-0.15, -0.1) is 0 Å². The van der Waals surface area contributed by atoms with Gasteiger partial charge in [0.2, 0.25) is 11.9 Å². The van der Waals surface area contributed by atoms with E-state index in [-0.39, 0.29) is 0 Å². The van der Waals surface area contributed by atoms with Crippen LogP contribution in [0.4, 0.5) is 23.4 Å². The predicted molar refractivity (Wildman–Crippen MR) is 109 cm³/mol. The molecule has 1 aliphatic rings. The Kier molecular flexibility index (Phi) is 5.16. The molecule has 3 aromatic heterocycles. The molecule has 1 amide bonds. The highest BCUT2D eigenvalue weighted by atomic mass is 16.5. The second kappa shape index (κ2) is 8.07. The Morgan fingerprint density at radius 2 is 1.90 bits per heavy atom. The molecule has 0 aromatic carbocycles. The molecule has 3 aromatic rings. The first kappa shape index (κ1) is 18.6. The van der Waals surface area contributed by atoms with Gasteiger partial charge in [-0.1, -0.05) is 0 Å². The summed E-state index contributed by atoms with van der Waals surface area (Å²) in [5.74, 6) is 1.45. The summed E-state index contributed by atoms with van der Waals surface area (Å²) in [5, 5.41) is 3.13. The number of rotatable bonds is 5. The van der Waals surface area contributed by atoms with Crippen LogP contribution >= 0.6 is 0 Å². The van der Waals surface area contributed by atoms with Gasteiger partial charge in [0.15, 0.2) is 0 Å². The summed E-state index contributed by atoms with van der Waals surface area (Å²) < 4.78 is 5.42. The summed E-state index contributed by atoms with van der Waals surface area (Å²) in [5.41, 5.74) is 12.9. The summed E-state index contributed by atoms with van der Waals surface area (Å²) in [6.07, 6.45) is 3.17. The fourth-order valence-electron chi connectivity index (χ4n) is 2.89. The normalized spacial score (nSPS) is 13.9. The zero-order valence-corrected chi connectivity index (χ0v) is 15.6. The first-order valence-corrected chi connectivity index (χ1v) is 9.05. The van der Waals surface area contributed by atoms with Crippen molar-refractivity contribution in [2.24, 2.45) is 5.73 Å². The molecule has 0 aliphatic carbocycles. The van der Waals surface area contributed by atoms with Crippen molar-refractivity contribution in [3.05, 3.63) is 48.3 Å². The van der Waals surface area contributed by atoms with E-state index in [1.807, 2.05) is 6.07 Å². The van der Waals surface area contributed by atoms with E-state index in [0.29, 0.717) is 61.0 Å². The van der Waals surface area contributed by atoms with E-state index in [0.717, 1.165) is 5.56 Å². The Morgan fingerprint density at radius 3 is 2.62 bits per heavy atom. The van der Waals surface area contributed by atoms with Crippen LogP contribution in [0.25, 0.3) is 11.3 Å². The Morgan fingerprint density at radius 1 is 1.07 bits per heavy atom. The smallest absolute Gasteiger partial charge is 0.248 e. The van der Waals surface area contributed by atoms with Crippen LogP contribution in [0.2, 0.25) is 0 Å². The van der Waals surface area contributed by atoms with Gasteiger partial charge in [0.05, 0.1) is 18.9 Å². The largest absolute Gasteiger partial charge is 0.384 e. The van der Waals surface area contributed by atoms with Crippen LogP contribution < -0.4 is 21.7 Å². The highest BCUT2D eigenvalue weighted by Crippen LogP contribution is 2.25. The summed E-state index contributed by atoms with van der Waals surface area (Å²) >= 11 is 0. The number of hydrogen-bond acceptors (Lipinski definition) is 9. The zero-order chi connectivity index (χ0) is 20.2. The van der Waals surface area contributed by atoms with Gasteiger partial charge >= 0.3 is 0 Å². The SMILES string of the molecule is NC(=O)c1ccnc(Nc2cc(-c3ccc(N)nc3)nc(N3CCOCC3)n2)c1. The second-order valence-corrected chi connectivity index (χ2v) is 6.43. The van der Waals surface area contributed by atoms with Gasteiger partial charge in [-0.3, -0.25) is 4.79 Å². The average Bonchev–Trinajstić information content (AvgIpc) is 2.75. The molecule has 10 nitrogen and oxygen atoms in total. The summed E-state index contributed by atoms with van der Waals surface area (Å²) in [4.78, 5) is 31.2. The van der Waals surface area contributed by atoms with E-state index >= 15 is 0 Å². The van der Waals surface area contributed by atoms with Gasteiger partial charge in [0, 0.05) is 42.7 Å². The molecule has 1 saturated heterocycles. The first-order valence-electron chi connectivity index (χ1n) is 9.05. The van der Waals surface area contributed by atoms with Crippen molar-refractivity contribution in [3.63, 3.8) is 0 Å². The maximum Gasteiger partial charge on any atom is 0.248 e. The number of carbonyl (C=O) groups excluding carboxylic acids is 1. The molecule has 0 radical (unpaired) electrons. The number of pyridine rings is 2. The minimum Gasteiger partial charge on any atom is -0.384 e. The lowest BCUT2D eigenvalue weighted by Crippen LogP contribution is -2.37. The maximum atomic E-state index is 11.4. The standard InChI is InChI=1S/C19H20N8O2/c20-15-2-1-13(11-23-15)14-10-17(25-16-9-12(18(21)28)3-4-22-16)26-19(24-14)27-5-7-29-8-6-27/h1-4,9-11H,5-8H2,(H2,20,23)(H2,21,28)(H,22,24,25,26). The first-order chi connectivity index (χ1) is 14.1. The highest BCUT2D eigenvalue weighted by Gasteiger charge is 2.17. The molecule has 4 heterocycles. The van der Waals surface area contributed by atoms with Crippen molar-refractivity contribution < 1.29 is 9.53 Å². The van der Waals surface area contributed by atoms with Crippen molar-refractivity contribution in [1.82, 2.24) is 19.9 Å². The third kappa shape index (κ3) is 4.38. The number of primary amides is 1. The molecule has 0 unspecified atom stereocenters. The van der Waals surface area contributed by atoms with Gasteiger partial charge in [-0.25, -0.2) is 15.0 Å². The number of nitrogens with one attached hydrogen (secondary N) is 1. The van der Waals surface area contributed by atoms with Gasteiger partial charge in [0.1, 0.15) is 17.5 Å². The van der Waals surface area contributed by atoms with Crippen molar-refractivity contribution in [1.29, 1.82) is 0 Å². The lowest BCUT2D eigenvalue weighted by Gasteiger charge is -2.27. The molecule has 0 bridgehead atoms. The third-order valence-electron chi connectivity index (χ3n) is 4.39. The van der Waals surface area contributed by atoms with Crippen LogP contribution in [0.5, 0.6) is 0 Å². The third-order valence-corrected chi connectivity index (χ3v) is 4.39. The maximum absolute atomic E-state index is 11.4. The lowest BCUT2D eigenvalue weighted by atomic mass is 10.2. The minimum atomic E-state index is -0.527. The number of nitrogens with two attached hydrogens (primary N) is 2. The quantitative estimate of drug-likeness (QED) is 0.583. The van der Waals surface area contributed by atoms with E-state index in [4.69, 9.17) is 16.2 Å². The van der Waals surface area contributed by atoms with Gasteiger partial charge in [0.25, 0.3) is 0 Å². The predicted octanol–water partition coefficient (Wildman–Crippen LogP) is 1.19. The van der Waals surface area contributed by atoms with Gasteiger partial charge in [-0.05, 0) is 24.3 Å². The van der Waals surface area contributed by atoms with Crippen LogP contribution in [-0.2, 0) is 4.74 Å². The lowest BCUT2D eigenvalue weighted by molar-refractivity contribution is 0.1000. The molecular formula is C19H20N8O2. The summed E-state index contributed by atoms with van der Waals surface area (Å²) in [6, 6.07) is 8.48. The minimum absolute atomic E-state index is 0.355. The van der Waals surface area contributed by atoms with E-state index in [9.17, 15) is 4.79 Å².